The zero-order valence-electron chi connectivity index (χ0n) is 15.8. The molecule has 1 amide bonds. The van der Waals surface area contributed by atoms with Crippen molar-refractivity contribution in [3.05, 3.63) is 99.5 Å². The van der Waals surface area contributed by atoms with E-state index in [4.69, 9.17) is 4.42 Å². The SMILES string of the molecule is Cc1ccc(C2/C(=C(/O)c3ccc([N+](=O)[O-])cc3)C(=O)C(=O)N2c2ccccc2)o1. The van der Waals surface area contributed by atoms with Crippen LogP contribution in [0.25, 0.3) is 5.76 Å². The number of carbonyl (C=O) groups excluding carboxylic acids is 2. The Labute approximate surface area is 170 Å². The van der Waals surface area contributed by atoms with E-state index < -0.39 is 28.4 Å². The van der Waals surface area contributed by atoms with Crippen molar-refractivity contribution in [3.63, 3.8) is 0 Å². The van der Waals surface area contributed by atoms with E-state index in [0.29, 0.717) is 17.2 Å². The number of rotatable bonds is 4. The van der Waals surface area contributed by atoms with Crippen LogP contribution in [0.2, 0.25) is 0 Å². The highest BCUT2D eigenvalue weighted by Gasteiger charge is 2.48. The molecule has 1 aromatic heterocycles. The number of nitro groups is 1. The minimum Gasteiger partial charge on any atom is -0.507 e. The first-order valence-corrected chi connectivity index (χ1v) is 9.05. The molecule has 0 aliphatic carbocycles. The van der Waals surface area contributed by atoms with Crippen molar-refractivity contribution >= 4 is 28.8 Å². The van der Waals surface area contributed by atoms with Crippen LogP contribution in [0.15, 0.2) is 76.7 Å². The first-order valence-electron chi connectivity index (χ1n) is 9.05. The van der Waals surface area contributed by atoms with Crippen molar-refractivity contribution < 1.29 is 24.0 Å². The van der Waals surface area contributed by atoms with Crippen LogP contribution in [0, 0.1) is 17.0 Å². The first-order chi connectivity index (χ1) is 14.4. The summed E-state index contributed by atoms with van der Waals surface area (Å²) < 4.78 is 5.70. The second kappa shape index (κ2) is 7.32. The lowest BCUT2D eigenvalue weighted by Crippen LogP contribution is -2.29. The number of aliphatic hydroxyl groups excluding tert-OH is 1. The number of amides is 1. The second-order valence-corrected chi connectivity index (χ2v) is 6.76. The number of ketones is 1. The normalized spacial score (nSPS) is 18.0. The van der Waals surface area contributed by atoms with E-state index in [1.54, 1.807) is 49.4 Å². The number of para-hydroxylation sites is 1. The lowest BCUT2D eigenvalue weighted by atomic mass is 9.99. The molecule has 4 rings (SSSR count). The number of furan rings is 1. The molecule has 1 saturated heterocycles. The van der Waals surface area contributed by atoms with Gasteiger partial charge in [0, 0.05) is 23.4 Å². The Hall–Kier alpha value is -4.20. The smallest absolute Gasteiger partial charge is 0.300 e. The van der Waals surface area contributed by atoms with Gasteiger partial charge in [0.25, 0.3) is 17.4 Å². The van der Waals surface area contributed by atoms with Crippen LogP contribution in [-0.2, 0) is 9.59 Å². The van der Waals surface area contributed by atoms with E-state index in [9.17, 15) is 24.8 Å². The minimum absolute atomic E-state index is 0.146. The van der Waals surface area contributed by atoms with Crippen LogP contribution in [-0.4, -0.2) is 21.7 Å². The molecule has 2 heterocycles. The van der Waals surface area contributed by atoms with E-state index in [1.807, 2.05) is 0 Å². The fourth-order valence-electron chi connectivity index (χ4n) is 3.45. The van der Waals surface area contributed by atoms with Crippen molar-refractivity contribution in [2.24, 2.45) is 0 Å². The van der Waals surface area contributed by atoms with E-state index in [0.717, 1.165) is 0 Å². The molecule has 0 bridgehead atoms. The van der Waals surface area contributed by atoms with Crippen LogP contribution < -0.4 is 4.90 Å². The van der Waals surface area contributed by atoms with Crippen LogP contribution in [0.4, 0.5) is 11.4 Å². The fourth-order valence-corrected chi connectivity index (χ4v) is 3.45. The molecule has 8 heteroatoms. The quantitative estimate of drug-likeness (QED) is 0.230. The van der Waals surface area contributed by atoms with Crippen LogP contribution in [0.5, 0.6) is 0 Å². The topological polar surface area (TPSA) is 114 Å². The number of nitro benzene ring substituents is 1. The molecule has 1 aliphatic heterocycles. The Bertz CT molecular complexity index is 1180. The van der Waals surface area contributed by atoms with Gasteiger partial charge in [-0.05, 0) is 43.3 Å². The summed E-state index contributed by atoms with van der Waals surface area (Å²) in [7, 11) is 0. The third kappa shape index (κ3) is 3.14. The van der Waals surface area contributed by atoms with Gasteiger partial charge < -0.3 is 9.52 Å². The van der Waals surface area contributed by atoms with Gasteiger partial charge in [0.2, 0.25) is 0 Å². The van der Waals surface area contributed by atoms with E-state index in [-0.39, 0.29) is 16.8 Å². The van der Waals surface area contributed by atoms with Crippen molar-refractivity contribution in [3.8, 4) is 0 Å². The lowest BCUT2D eigenvalue weighted by Gasteiger charge is -2.23. The number of Topliss-reactive ketones (excluding diaryl/α,β-unsaturated/α-hetero) is 1. The van der Waals surface area contributed by atoms with Crippen LogP contribution in [0.1, 0.15) is 23.1 Å². The zero-order valence-corrected chi connectivity index (χ0v) is 15.8. The predicted molar refractivity (Wildman–Crippen MR) is 108 cm³/mol. The number of non-ortho nitro benzene ring substituents is 1. The number of aryl methyl sites for hydroxylation is 1. The maximum atomic E-state index is 12.9. The number of nitrogens with zero attached hydrogens (tertiary/aromatic N) is 2. The summed E-state index contributed by atoms with van der Waals surface area (Å²) in [5.74, 6) is -1.20. The standard InChI is InChI=1S/C22H16N2O6/c1-13-7-12-17(30-13)19-18(20(25)14-8-10-16(11-9-14)24(28)29)21(26)22(27)23(19)15-5-3-2-4-6-15/h2-12,19,25H,1H3/b20-18-. The molecule has 30 heavy (non-hydrogen) atoms. The van der Waals surface area contributed by atoms with Crippen molar-refractivity contribution in [2.45, 2.75) is 13.0 Å². The predicted octanol–water partition coefficient (Wildman–Crippen LogP) is 4.12. The summed E-state index contributed by atoms with van der Waals surface area (Å²) in [5.41, 5.74) is 0.350. The largest absolute Gasteiger partial charge is 0.507 e. The van der Waals surface area contributed by atoms with Gasteiger partial charge >= 0.3 is 0 Å². The summed E-state index contributed by atoms with van der Waals surface area (Å²) in [5, 5.41) is 21.8. The van der Waals surface area contributed by atoms with Gasteiger partial charge in [-0.2, -0.15) is 0 Å². The molecule has 3 aromatic rings. The van der Waals surface area contributed by atoms with Crippen LogP contribution in [0.3, 0.4) is 0 Å². The summed E-state index contributed by atoms with van der Waals surface area (Å²) in [6.45, 7) is 1.73. The van der Waals surface area contributed by atoms with Gasteiger partial charge in [0.15, 0.2) is 0 Å². The Morgan fingerprint density at radius 2 is 1.70 bits per heavy atom. The Morgan fingerprint density at radius 3 is 2.27 bits per heavy atom. The van der Waals surface area contributed by atoms with Gasteiger partial charge in [0.1, 0.15) is 23.3 Å². The second-order valence-electron chi connectivity index (χ2n) is 6.76. The average Bonchev–Trinajstić information content (AvgIpc) is 3.29. The number of benzene rings is 2. The van der Waals surface area contributed by atoms with Gasteiger partial charge in [-0.15, -0.1) is 0 Å². The molecule has 0 spiro atoms. The highest BCUT2D eigenvalue weighted by molar-refractivity contribution is 6.51. The van der Waals surface area contributed by atoms with Crippen molar-refractivity contribution in [1.29, 1.82) is 0 Å². The lowest BCUT2D eigenvalue weighted by molar-refractivity contribution is -0.384. The maximum absolute atomic E-state index is 12.9. The summed E-state index contributed by atoms with van der Waals surface area (Å²) in [6.07, 6.45) is 0. The molecule has 1 N–H and O–H groups in total. The molecule has 2 aromatic carbocycles. The fraction of sp³-hybridized carbons (Fsp3) is 0.0909. The molecule has 1 unspecified atom stereocenters. The highest BCUT2D eigenvalue weighted by Crippen LogP contribution is 2.42. The summed E-state index contributed by atoms with van der Waals surface area (Å²) >= 11 is 0. The number of hydrogen-bond donors (Lipinski definition) is 1. The monoisotopic (exact) mass is 404 g/mol. The molecule has 150 valence electrons. The molecule has 1 aliphatic rings. The van der Waals surface area contributed by atoms with Gasteiger partial charge in [-0.3, -0.25) is 24.6 Å². The number of aliphatic hydroxyl groups is 1. The molecule has 1 atom stereocenters. The van der Waals surface area contributed by atoms with E-state index >= 15 is 0 Å². The van der Waals surface area contributed by atoms with Gasteiger partial charge in [-0.1, -0.05) is 18.2 Å². The van der Waals surface area contributed by atoms with Gasteiger partial charge in [0.05, 0.1) is 10.5 Å². The molecule has 1 fully saturated rings. The number of hydrogen-bond acceptors (Lipinski definition) is 6. The molecule has 0 radical (unpaired) electrons. The Morgan fingerprint density at radius 1 is 1.03 bits per heavy atom. The number of anilines is 1. The zero-order chi connectivity index (χ0) is 21.4. The third-order valence-corrected chi connectivity index (χ3v) is 4.86. The first kappa shape index (κ1) is 19.1. The molecule has 8 nitrogen and oxygen atoms in total. The Balaban J connectivity index is 1.90. The number of carbonyl (C=O) groups is 2. The maximum Gasteiger partial charge on any atom is 0.300 e. The summed E-state index contributed by atoms with van der Waals surface area (Å²) in [6, 6.07) is 16.1. The van der Waals surface area contributed by atoms with Crippen LogP contribution >= 0.6 is 0 Å². The minimum atomic E-state index is -0.976. The van der Waals surface area contributed by atoms with E-state index in [2.05, 4.69) is 0 Å². The van der Waals surface area contributed by atoms with Crippen molar-refractivity contribution in [2.75, 3.05) is 4.90 Å². The summed E-state index contributed by atoms with van der Waals surface area (Å²) in [4.78, 5) is 37.4. The Kier molecular flexibility index (Phi) is 4.67. The third-order valence-electron chi connectivity index (χ3n) is 4.86. The van der Waals surface area contributed by atoms with Gasteiger partial charge in [-0.25, -0.2) is 0 Å². The highest BCUT2D eigenvalue weighted by atomic mass is 16.6. The van der Waals surface area contributed by atoms with Crippen molar-refractivity contribution in [1.82, 2.24) is 0 Å². The van der Waals surface area contributed by atoms with E-state index in [1.165, 1.54) is 29.2 Å². The average molecular weight is 404 g/mol. The molecular formula is C22H16N2O6. The molecular weight excluding hydrogens is 388 g/mol. The molecule has 0 saturated carbocycles.